The van der Waals surface area contributed by atoms with Gasteiger partial charge in [-0.15, -0.1) is 11.3 Å². The van der Waals surface area contributed by atoms with Gasteiger partial charge in [0.1, 0.15) is 11.3 Å². The first kappa shape index (κ1) is 17.2. The third kappa shape index (κ3) is 3.42. The van der Waals surface area contributed by atoms with E-state index in [1.165, 1.54) is 18.4 Å². The molecule has 130 valence electrons. The molecular weight excluding hydrogens is 352 g/mol. The summed E-state index contributed by atoms with van der Waals surface area (Å²) < 4.78 is 5.57. The van der Waals surface area contributed by atoms with E-state index in [9.17, 15) is 9.59 Å². The Hall–Kier alpha value is -1.60. The standard InChI is InChI=1S/C16H19ClN2O4S/c1-22-15(21)16(7-3-2-4-8-16)18-14(20)11-9-10(19-23-11)12-5-6-13(17)24-12/h5-6,11H,2-4,7-9H2,1H3,(H,18,20). The van der Waals surface area contributed by atoms with Gasteiger partial charge in [0.25, 0.3) is 5.91 Å². The van der Waals surface area contributed by atoms with E-state index in [1.54, 1.807) is 6.07 Å². The normalized spacial score (nSPS) is 22.4. The molecule has 6 nitrogen and oxygen atoms in total. The monoisotopic (exact) mass is 370 g/mol. The van der Waals surface area contributed by atoms with E-state index in [-0.39, 0.29) is 11.9 Å². The molecule has 0 radical (unpaired) electrons. The van der Waals surface area contributed by atoms with Gasteiger partial charge in [-0.1, -0.05) is 36.0 Å². The van der Waals surface area contributed by atoms with Crippen molar-refractivity contribution in [3.63, 3.8) is 0 Å². The SMILES string of the molecule is COC(=O)C1(NC(=O)C2CC(c3ccc(Cl)s3)=NO2)CCCCC1. The van der Waals surface area contributed by atoms with Crippen LogP contribution in [0.3, 0.4) is 0 Å². The first-order valence-corrected chi connectivity index (χ1v) is 9.12. The summed E-state index contributed by atoms with van der Waals surface area (Å²) in [5.74, 6) is -0.719. The van der Waals surface area contributed by atoms with Crippen LogP contribution in [0.15, 0.2) is 17.3 Å². The highest BCUT2D eigenvalue weighted by Crippen LogP contribution is 2.31. The number of nitrogens with one attached hydrogen (secondary N) is 1. The largest absolute Gasteiger partial charge is 0.467 e. The first-order chi connectivity index (χ1) is 11.5. The molecule has 1 unspecified atom stereocenters. The van der Waals surface area contributed by atoms with Crippen molar-refractivity contribution < 1.29 is 19.2 Å². The summed E-state index contributed by atoms with van der Waals surface area (Å²) >= 11 is 7.32. The van der Waals surface area contributed by atoms with Crippen LogP contribution in [0.5, 0.6) is 0 Å². The molecule has 1 aliphatic heterocycles. The molecule has 1 saturated carbocycles. The molecule has 1 amide bonds. The van der Waals surface area contributed by atoms with Crippen molar-refractivity contribution in [3.05, 3.63) is 21.3 Å². The third-order valence-corrected chi connectivity index (χ3v) is 5.74. The number of carbonyl (C=O) groups excluding carboxylic acids is 2. The van der Waals surface area contributed by atoms with Gasteiger partial charge in [-0.2, -0.15) is 0 Å². The fraction of sp³-hybridized carbons (Fsp3) is 0.562. The Morgan fingerprint density at radius 2 is 2.12 bits per heavy atom. The molecule has 1 N–H and O–H groups in total. The molecule has 1 aliphatic carbocycles. The number of nitrogens with zero attached hydrogens (tertiary/aromatic N) is 1. The lowest BCUT2D eigenvalue weighted by molar-refractivity contribution is -0.154. The molecule has 1 aromatic heterocycles. The zero-order valence-electron chi connectivity index (χ0n) is 13.3. The van der Waals surface area contributed by atoms with Crippen molar-refractivity contribution in [1.29, 1.82) is 0 Å². The number of thiophene rings is 1. The van der Waals surface area contributed by atoms with Crippen molar-refractivity contribution in [2.24, 2.45) is 5.16 Å². The van der Waals surface area contributed by atoms with Gasteiger partial charge in [0.15, 0.2) is 0 Å². The van der Waals surface area contributed by atoms with E-state index in [0.29, 0.717) is 29.3 Å². The van der Waals surface area contributed by atoms with Crippen molar-refractivity contribution in [3.8, 4) is 0 Å². The summed E-state index contributed by atoms with van der Waals surface area (Å²) in [5, 5.41) is 6.86. The molecule has 3 rings (SSSR count). The lowest BCUT2D eigenvalue weighted by atomic mass is 9.81. The van der Waals surface area contributed by atoms with Crippen LogP contribution in [-0.4, -0.2) is 36.3 Å². The second kappa shape index (κ2) is 7.11. The Kier molecular flexibility index (Phi) is 5.10. The maximum absolute atomic E-state index is 12.6. The molecule has 1 aromatic rings. The van der Waals surface area contributed by atoms with Crippen molar-refractivity contribution >= 4 is 40.5 Å². The maximum atomic E-state index is 12.6. The molecule has 0 saturated heterocycles. The summed E-state index contributed by atoms with van der Waals surface area (Å²) in [6.07, 6.45) is 3.64. The summed E-state index contributed by atoms with van der Waals surface area (Å²) in [4.78, 5) is 31.0. The lowest BCUT2D eigenvalue weighted by Gasteiger charge is -2.35. The minimum Gasteiger partial charge on any atom is -0.467 e. The van der Waals surface area contributed by atoms with Crippen LogP contribution in [0.2, 0.25) is 4.34 Å². The van der Waals surface area contributed by atoms with Gasteiger partial charge in [0, 0.05) is 6.42 Å². The molecule has 8 heteroatoms. The van der Waals surface area contributed by atoms with Gasteiger partial charge >= 0.3 is 5.97 Å². The molecular formula is C16H19ClN2O4S. The van der Waals surface area contributed by atoms with Crippen LogP contribution < -0.4 is 5.32 Å². The molecule has 1 atom stereocenters. The molecule has 2 aliphatic rings. The summed E-state index contributed by atoms with van der Waals surface area (Å²) in [6, 6.07) is 3.64. The minimum atomic E-state index is -0.942. The number of carbonyl (C=O) groups is 2. The fourth-order valence-electron chi connectivity index (χ4n) is 3.18. The first-order valence-electron chi connectivity index (χ1n) is 7.93. The molecule has 2 heterocycles. The Labute approximate surface area is 149 Å². The summed E-state index contributed by atoms with van der Waals surface area (Å²) in [5.41, 5.74) is -0.245. The number of oxime groups is 1. The zero-order valence-corrected chi connectivity index (χ0v) is 14.9. The molecule has 0 bridgehead atoms. The van der Waals surface area contributed by atoms with Crippen LogP contribution >= 0.6 is 22.9 Å². The van der Waals surface area contributed by atoms with Crippen LogP contribution in [0.4, 0.5) is 0 Å². The predicted octanol–water partition coefficient (Wildman–Crippen LogP) is 2.89. The van der Waals surface area contributed by atoms with Crippen LogP contribution in [0.25, 0.3) is 0 Å². The molecule has 0 spiro atoms. The Balaban J connectivity index is 1.65. The van der Waals surface area contributed by atoms with E-state index in [2.05, 4.69) is 10.5 Å². The Morgan fingerprint density at radius 3 is 2.75 bits per heavy atom. The van der Waals surface area contributed by atoms with Gasteiger partial charge in [0.05, 0.1) is 16.3 Å². The topological polar surface area (TPSA) is 77.0 Å². The average molecular weight is 371 g/mol. The second-order valence-electron chi connectivity index (χ2n) is 6.06. The zero-order chi connectivity index (χ0) is 17.2. The Morgan fingerprint density at radius 1 is 1.38 bits per heavy atom. The predicted molar refractivity (Wildman–Crippen MR) is 91.3 cm³/mol. The second-order valence-corrected chi connectivity index (χ2v) is 7.78. The van der Waals surface area contributed by atoms with Crippen LogP contribution in [-0.2, 0) is 19.2 Å². The van der Waals surface area contributed by atoms with E-state index < -0.39 is 11.6 Å². The van der Waals surface area contributed by atoms with E-state index in [1.807, 2.05) is 6.07 Å². The highest BCUT2D eigenvalue weighted by atomic mass is 35.5. The number of hydrogen-bond donors (Lipinski definition) is 1. The fourth-order valence-corrected chi connectivity index (χ4v) is 4.21. The number of halogens is 1. The Bertz CT molecular complexity index is 667. The maximum Gasteiger partial charge on any atom is 0.331 e. The smallest absolute Gasteiger partial charge is 0.331 e. The number of hydrogen-bond acceptors (Lipinski definition) is 6. The van der Waals surface area contributed by atoms with E-state index in [0.717, 1.165) is 24.1 Å². The van der Waals surface area contributed by atoms with Crippen molar-refractivity contribution in [2.75, 3.05) is 7.11 Å². The van der Waals surface area contributed by atoms with Crippen LogP contribution in [0.1, 0.15) is 43.4 Å². The number of amides is 1. The molecule has 24 heavy (non-hydrogen) atoms. The quantitative estimate of drug-likeness (QED) is 0.827. The van der Waals surface area contributed by atoms with Gasteiger partial charge in [-0.05, 0) is 25.0 Å². The highest BCUT2D eigenvalue weighted by Gasteiger charge is 2.44. The number of rotatable bonds is 4. The van der Waals surface area contributed by atoms with Crippen LogP contribution in [0, 0.1) is 0 Å². The van der Waals surface area contributed by atoms with Gasteiger partial charge in [0.2, 0.25) is 6.10 Å². The average Bonchev–Trinajstić information content (AvgIpc) is 3.23. The lowest BCUT2D eigenvalue weighted by Crippen LogP contribution is -2.58. The molecule has 0 aromatic carbocycles. The van der Waals surface area contributed by atoms with E-state index in [4.69, 9.17) is 21.2 Å². The number of ether oxygens (including phenoxy) is 1. The molecule has 1 fully saturated rings. The minimum absolute atomic E-state index is 0.330. The summed E-state index contributed by atoms with van der Waals surface area (Å²) in [6.45, 7) is 0. The highest BCUT2D eigenvalue weighted by molar-refractivity contribution is 7.18. The van der Waals surface area contributed by atoms with Crippen molar-refractivity contribution in [2.45, 2.75) is 50.2 Å². The number of esters is 1. The van der Waals surface area contributed by atoms with Gasteiger partial charge < -0.3 is 14.9 Å². The number of methoxy groups -OCH3 is 1. The van der Waals surface area contributed by atoms with Crippen molar-refractivity contribution in [1.82, 2.24) is 5.32 Å². The van der Waals surface area contributed by atoms with Gasteiger partial charge in [-0.3, -0.25) is 4.79 Å². The van der Waals surface area contributed by atoms with E-state index >= 15 is 0 Å². The summed E-state index contributed by atoms with van der Waals surface area (Å²) in [7, 11) is 1.35. The van der Waals surface area contributed by atoms with Gasteiger partial charge in [-0.25, -0.2) is 4.79 Å². The third-order valence-electron chi connectivity index (χ3n) is 4.46.